The molecule has 1 nitrogen and oxygen atoms in total. The van der Waals surface area contributed by atoms with E-state index < -0.39 is 0 Å². The highest BCUT2D eigenvalue weighted by atomic mass is 16.1. The van der Waals surface area contributed by atoms with Crippen LogP contribution in [0.1, 0.15) is 49.2 Å². The Morgan fingerprint density at radius 1 is 1.29 bits per heavy atom. The van der Waals surface area contributed by atoms with Gasteiger partial charge in [-0.15, -0.1) is 0 Å². The molecule has 0 spiro atoms. The van der Waals surface area contributed by atoms with Gasteiger partial charge in [0.25, 0.3) is 0 Å². The molecule has 0 saturated heterocycles. The summed E-state index contributed by atoms with van der Waals surface area (Å²) in [5, 5.41) is 0. The lowest BCUT2D eigenvalue weighted by Crippen LogP contribution is -2.11. The van der Waals surface area contributed by atoms with Crippen molar-refractivity contribution in [3.63, 3.8) is 0 Å². The molecule has 1 heteroatoms. The summed E-state index contributed by atoms with van der Waals surface area (Å²) in [6, 6.07) is 6.18. The largest absolute Gasteiger partial charge is 0.298 e. The number of carbonyl (C=O) groups is 1. The van der Waals surface area contributed by atoms with Crippen LogP contribution in [0.15, 0.2) is 18.2 Å². The normalized spacial score (nSPS) is 11.4. The fraction of sp³-hybridized carbons (Fsp3) is 0.462. The molecule has 0 amide bonds. The topological polar surface area (TPSA) is 17.1 Å². The van der Waals surface area contributed by atoms with Crippen LogP contribution in [0.5, 0.6) is 0 Å². The molecular weight excluding hydrogens is 172 g/mol. The second kappa shape index (κ2) is 3.95. The molecule has 0 fully saturated rings. The van der Waals surface area contributed by atoms with Crippen molar-refractivity contribution in [2.24, 2.45) is 0 Å². The van der Waals surface area contributed by atoms with Crippen LogP contribution in [-0.4, -0.2) is 6.29 Å². The zero-order valence-electron chi connectivity index (χ0n) is 9.42. The first-order valence-electron chi connectivity index (χ1n) is 5.07. The Kier molecular flexibility index (Phi) is 3.10. The van der Waals surface area contributed by atoms with Crippen LogP contribution in [-0.2, 0) is 11.8 Å². The standard InChI is InChI=1S/C13H18O/c1-5-10-6-7-12(13(2,3)4)8-11(10)9-14/h6-9H,5H2,1-4H3. The van der Waals surface area contributed by atoms with Gasteiger partial charge in [-0.05, 0) is 29.0 Å². The third kappa shape index (κ3) is 2.22. The van der Waals surface area contributed by atoms with Gasteiger partial charge < -0.3 is 0 Å². The lowest BCUT2D eigenvalue weighted by molar-refractivity contribution is 0.112. The first kappa shape index (κ1) is 11.0. The zero-order chi connectivity index (χ0) is 10.8. The zero-order valence-corrected chi connectivity index (χ0v) is 9.42. The molecule has 0 atom stereocenters. The highest BCUT2D eigenvalue weighted by Crippen LogP contribution is 2.24. The third-order valence-corrected chi connectivity index (χ3v) is 2.52. The molecule has 0 bridgehead atoms. The van der Waals surface area contributed by atoms with Crippen LogP contribution in [0.25, 0.3) is 0 Å². The summed E-state index contributed by atoms with van der Waals surface area (Å²) in [5.74, 6) is 0. The molecule has 1 aromatic carbocycles. The van der Waals surface area contributed by atoms with Crippen LogP contribution in [0, 0.1) is 0 Å². The first-order chi connectivity index (χ1) is 6.49. The Hall–Kier alpha value is -1.11. The van der Waals surface area contributed by atoms with Crippen LogP contribution >= 0.6 is 0 Å². The molecule has 0 unspecified atom stereocenters. The highest BCUT2D eigenvalue weighted by Gasteiger charge is 2.14. The minimum absolute atomic E-state index is 0.115. The smallest absolute Gasteiger partial charge is 0.150 e. The van der Waals surface area contributed by atoms with Gasteiger partial charge in [0.15, 0.2) is 0 Å². The number of rotatable bonds is 2. The van der Waals surface area contributed by atoms with E-state index >= 15 is 0 Å². The van der Waals surface area contributed by atoms with E-state index in [1.807, 2.05) is 6.07 Å². The minimum Gasteiger partial charge on any atom is -0.298 e. The van der Waals surface area contributed by atoms with Crippen molar-refractivity contribution in [1.82, 2.24) is 0 Å². The number of aldehydes is 1. The summed E-state index contributed by atoms with van der Waals surface area (Å²) in [5.41, 5.74) is 3.30. The van der Waals surface area contributed by atoms with Crippen molar-refractivity contribution < 1.29 is 4.79 Å². The Bertz CT molecular complexity index is 332. The number of aryl methyl sites for hydroxylation is 1. The van der Waals surface area contributed by atoms with E-state index in [-0.39, 0.29) is 5.41 Å². The SMILES string of the molecule is CCc1ccc(C(C)(C)C)cc1C=O. The maximum absolute atomic E-state index is 10.9. The van der Waals surface area contributed by atoms with E-state index in [1.165, 1.54) is 5.56 Å². The first-order valence-corrected chi connectivity index (χ1v) is 5.07. The Morgan fingerprint density at radius 2 is 1.93 bits per heavy atom. The maximum Gasteiger partial charge on any atom is 0.150 e. The second-order valence-electron chi connectivity index (χ2n) is 4.63. The molecule has 0 aromatic heterocycles. The van der Waals surface area contributed by atoms with Crippen molar-refractivity contribution in [2.75, 3.05) is 0 Å². The number of benzene rings is 1. The molecular formula is C13H18O. The van der Waals surface area contributed by atoms with Crippen molar-refractivity contribution in [2.45, 2.75) is 39.5 Å². The third-order valence-electron chi connectivity index (χ3n) is 2.52. The molecule has 0 heterocycles. The molecule has 76 valence electrons. The summed E-state index contributed by atoms with van der Waals surface area (Å²) in [7, 11) is 0. The molecule has 0 N–H and O–H groups in total. The van der Waals surface area contributed by atoms with Crippen LogP contribution in [0.2, 0.25) is 0 Å². The highest BCUT2D eigenvalue weighted by molar-refractivity contribution is 5.77. The van der Waals surface area contributed by atoms with E-state index in [1.54, 1.807) is 0 Å². The molecule has 14 heavy (non-hydrogen) atoms. The average molecular weight is 190 g/mol. The molecule has 0 radical (unpaired) electrons. The molecule has 0 aliphatic heterocycles. The average Bonchev–Trinajstić information content (AvgIpc) is 2.15. The molecule has 0 saturated carbocycles. The fourth-order valence-corrected chi connectivity index (χ4v) is 1.49. The Morgan fingerprint density at radius 3 is 2.36 bits per heavy atom. The van der Waals surface area contributed by atoms with Gasteiger partial charge in [-0.2, -0.15) is 0 Å². The Labute approximate surface area is 86.1 Å². The lowest BCUT2D eigenvalue weighted by atomic mass is 9.85. The van der Waals surface area contributed by atoms with E-state index in [0.717, 1.165) is 23.8 Å². The number of hydrogen-bond donors (Lipinski definition) is 0. The number of carbonyl (C=O) groups excluding carboxylic acids is 1. The van der Waals surface area contributed by atoms with Gasteiger partial charge in [-0.25, -0.2) is 0 Å². The lowest BCUT2D eigenvalue weighted by Gasteiger charge is -2.20. The van der Waals surface area contributed by atoms with E-state index in [4.69, 9.17) is 0 Å². The van der Waals surface area contributed by atoms with Crippen molar-refractivity contribution in [1.29, 1.82) is 0 Å². The monoisotopic (exact) mass is 190 g/mol. The van der Waals surface area contributed by atoms with Crippen molar-refractivity contribution in [3.8, 4) is 0 Å². The fourth-order valence-electron chi connectivity index (χ4n) is 1.49. The van der Waals surface area contributed by atoms with Gasteiger partial charge in [-0.3, -0.25) is 4.79 Å². The predicted molar refractivity (Wildman–Crippen MR) is 59.9 cm³/mol. The Balaban J connectivity index is 3.21. The van der Waals surface area contributed by atoms with E-state index in [0.29, 0.717) is 0 Å². The quantitative estimate of drug-likeness (QED) is 0.653. The predicted octanol–water partition coefficient (Wildman–Crippen LogP) is 3.36. The minimum atomic E-state index is 0.115. The van der Waals surface area contributed by atoms with E-state index in [2.05, 4.69) is 39.8 Å². The maximum atomic E-state index is 10.9. The summed E-state index contributed by atoms with van der Waals surface area (Å²) < 4.78 is 0. The van der Waals surface area contributed by atoms with Crippen LogP contribution in [0.4, 0.5) is 0 Å². The summed E-state index contributed by atoms with van der Waals surface area (Å²) in [6.07, 6.45) is 1.87. The number of hydrogen-bond acceptors (Lipinski definition) is 1. The second-order valence-corrected chi connectivity index (χ2v) is 4.63. The van der Waals surface area contributed by atoms with Gasteiger partial charge in [0.05, 0.1) is 0 Å². The van der Waals surface area contributed by atoms with Crippen molar-refractivity contribution >= 4 is 6.29 Å². The molecule has 0 aliphatic rings. The van der Waals surface area contributed by atoms with Gasteiger partial charge in [0, 0.05) is 5.56 Å². The molecule has 1 aromatic rings. The van der Waals surface area contributed by atoms with Gasteiger partial charge >= 0.3 is 0 Å². The molecule has 0 aliphatic carbocycles. The van der Waals surface area contributed by atoms with E-state index in [9.17, 15) is 4.79 Å². The van der Waals surface area contributed by atoms with Crippen LogP contribution in [0.3, 0.4) is 0 Å². The van der Waals surface area contributed by atoms with Crippen molar-refractivity contribution in [3.05, 3.63) is 34.9 Å². The summed E-state index contributed by atoms with van der Waals surface area (Å²) >= 11 is 0. The van der Waals surface area contributed by atoms with Gasteiger partial charge in [-0.1, -0.05) is 39.8 Å². The van der Waals surface area contributed by atoms with Crippen LogP contribution < -0.4 is 0 Å². The summed E-state index contributed by atoms with van der Waals surface area (Å²) in [6.45, 7) is 8.53. The van der Waals surface area contributed by atoms with Gasteiger partial charge in [0.1, 0.15) is 6.29 Å². The summed E-state index contributed by atoms with van der Waals surface area (Å²) in [4.78, 5) is 10.9. The van der Waals surface area contributed by atoms with Gasteiger partial charge in [0.2, 0.25) is 0 Å². The molecule has 1 rings (SSSR count).